The van der Waals surface area contributed by atoms with Gasteiger partial charge in [0.1, 0.15) is 5.82 Å². The molecule has 4 aliphatic carbocycles. The second-order valence-electron chi connectivity index (χ2n) is 13.6. The molecular weight excluding hydrogens is 477 g/mol. The van der Waals surface area contributed by atoms with E-state index in [1.54, 1.807) is 12.1 Å². The van der Waals surface area contributed by atoms with E-state index in [1.165, 1.54) is 12.1 Å². The molecule has 0 radical (unpaired) electrons. The lowest BCUT2D eigenvalue weighted by molar-refractivity contribution is -0.258. The maximum Gasteiger partial charge on any atom is 0.251 e. The monoisotopic (exact) mass is 522 g/mol. The zero-order valence-electron chi connectivity index (χ0n) is 22.6. The van der Waals surface area contributed by atoms with E-state index in [4.69, 9.17) is 0 Å². The Labute approximate surface area is 219 Å². The van der Waals surface area contributed by atoms with Gasteiger partial charge in [-0.25, -0.2) is 13.2 Å². The maximum atomic E-state index is 16.0. The Morgan fingerprint density at radius 2 is 1.65 bits per heavy atom. The summed E-state index contributed by atoms with van der Waals surface area (Å²) >= 11 is 0. The minimum Gasteiger partial charge on any atom is -0.390 e. The Hall–Kier alpha value is -1.11. The summed E-state index contributed by atoms with van der Waals surface area (Å²) in [6.07, 6.45) is 4.07. The second-order valence-corrected chi connectivity index (χ2v) is 13.6. The first-order valence-electron chi connectivity index (χ1n) is 14.6. The van der Waals surface area contributed by atoms with Gasteiger partial charge in [-0.15, -0.1) is 0 Å². The van der Waals surface area contributed by atoms with Crippen LogP contribution in [0.3, 0.4) is 0 Å². The highest BCUT2D eigenvalue weighted by molar-refractivity contribution is 5.19. The molecule has 1 aromatic carbocycles. The molecule has 4 saturated carbocycles. The van der Waals surface area contributed by atoms with E-state index < -0.39 is 36.1 Å². The highest BCUT2D eigenvalue weighted by atomic mass is 19.3. The van der Waals surface area contributed by atoms with Gasteiger partial charge < -0.3 is 15.3 Å². The van der Waals surface area contributed by atoms with Crippen LogP contribution in [0.5, 0.6) is 0 Å². The molecule has 11 atom stereocenters. The van der Waals surface area contributed by atoms with E-state index in [2.05, 4.69) is 20.8 Å². The predicted octanol–water partition coefficient (Wildman–Crippen LogP) is 6.90. The quantitative estimate of drug-likeness (QED) is 0.381. The molecule has 0 heterocycles. The minimum atomic E-state index is -2.83. The SMILES string of the molecule is C[C@H](CCCC(O)c1cccc(F)c1)[C@H]1CC[C@H]2[C@H]3[C@H](CC[C@]12C)[C@@]1(C)CC[C@H](O)[C@H](O)[C@@H]1CC3(F)F. The molecule has 4 fully saturated rings. The summed E-state index contributed by atoms with van der Waals surface area (Å²) in [5.41, 5.74) is 0.134. The van der Waals surface area contributed by atoms with Gasteiger partial charge >= 0.3 is 0 Å². The smallest absolute Gasteiger partial charge is 0.251 e. The number of alkyl halides is 2. The number of aliphatic hydroxyl groups is 3. The first kappa shape index (κ1) is 27.5. The molecule has 0 aromatic heterocycles. The van der Waals surface area contributed by atoms with Crippen molar-refractivity contribution in [3.05, 3.63) is 35.6 Å². The fourth-order valence-electron chi connectivity index (χ4n) is 9.88. The lowest BCUT2D eigenvalue weighted by atomic mass is 9.43. The van der Waals surface area contributed by atoms with Crippen molar-refractivity contribution in [1.29, 1.82) is 0 Å². The third-order valence-corrected chi connectivity index (χ3v) is 11.9. The van der Waals surface area contributed by atoms with Crippen molar-refractivity contribution in [2.45, 2.75) is 109 Å². The third-order valence-electron chi connectivity index (χ3n) is 11.9. The maximum absolute atomic E-state index is 16.0. The summed E-state index contributed by atoms with van der Waals surface area (Å²) in [6, 6.07) is 6.13. The van der Waals surface area contributed by atoms with Gasteiger partial charge in [-0.1, -0.05) is 45.7 Å². The molecule has 3 nitrogen and oxygen atoms in total. The summed E-state index contributed by atoms with van der Waals surface area (Å²) in [6.45, 7) is 6.61. The van der Waals surface area contributed by atoms with Crippen LogP contribution in [0.2, 0.25) is 0 Å². The summed E-state index contributed by atoms with van der Waals surface area (Å²) in [5.74, 6) is -3.75. The van der Waals surface area contributed by atoms with Gasteiger partial charge in [-0.05, 0) is 103 Å². The largest absolute Gasteiger partial charge is 0.390 e. The molecule has 1 aromatic rings. The molecule has 0 bridgehead atoms. The van der Waals surface area contributed by atoms with E-state index in [-0.39, 0.29) is 34.9 Å². The zero-order valence-corrected chi connectivity index (χ0v) is 22.6. The highest BCUT2D eigenvalue weighted by Gasteiger charge is 2.69. The number of hydrogen-bond donors (Lipinski definition) is 3. The van der Waals surface area contributed by atoms with E-state index >= 15 is 8.78 Å². The number of benzene rings is 1. The van der Waals surface area contributed by atoms with Crippen molar-refractivity contribution in [3.63, 3.8) is 0 Å². The number of hydrogen-bond acceptors (Lipinski definition) is 3. The van der Waals surface area contributed by atoms with E-state index in [1.807, 2.05) is 0 Å². The van der Waals surface area contributed by atoms with Gasteiger partial charge in [0.05, 0.1) is 18.3 Å². The molecule has 0 amide bonds. The van der Waals surface area contributed by atoms with E-state index in [0.717, 1.165) is 38.5 Å². The van der Waals surface area contributed by atoms with Crippen LogP contribution in [0.4, 0.5) is 13.2 Å². The Morgan fingerprint density at radius 3 is 2.38 bits per heavy atom. The fraction of sp³-hybridized carbons (Fsp3) is 0.806. The lowest BCUT2D eigenvalue weighted by Crippen LogP contribution is -2.64. The predicted molar refractivity (Wildman–Crippen MR) is 137 cm³/mol. The van der Waals surface area contributed by atoms with Crippen molar-refractivity contribution in [3.8, 4) is 0 Å². The number of aliphatic hydroxyl groups excluding tert-OH is 3. The highest BCUT2D eigenvalue weighted by Crippen LogP contribution is 2.71. The molecule has 4 aliphatic rings. The summed E-state index contributed by atoms with van der Waals surface area (Å²) in [5, 5.41) is 31.5. The van der Waals surface area contributed by atoms with Gasteiger partial charge in [0, 0.05) is 12.3 Å². The fourth-order valence-corrected chi connectivity index (χ4v) is 9.88. The molecule has 6 heteroatoms. The van der Waals surface area contributed by atoms with Crippen molar-refractivity contribution >= 4 is 0 Å². The van der Waals surface area contributed by atoms with Crippen LogP contribution >= 0.6 is 0 Å². The van der Waals surface area contributed by atoms with Crippen LogP contribution in [0, 0.1) is 52.2 Å². The Bertz CT molecular complexity index is 971. The molecule has 208 valence electrons. The molecule has 0 spiro atoms. The van der Waals surface area contributed by atoms with Gasteiger partial charge in [0.15, 0.2) is 0 Å². The van der Waals surface area contributed by atoms with Crippen LogP contribution in [-0.4, -0.2) is 33.5 Å². The molecule has 1 unspecified atom stereocenters. The molecule has 37 heavy (non-hydrogen) atoms. The van der Waals surface area contributed by atoms with Gasteiger partial charge in [-0.3, -0.25) is 0 Å². The van der Waals surface area contributed by atoms with Crippen LogP contribution in [0.25, 0.3) is 0 Å². The molecular formula is C31H45F3O3. The summed E-state index contributed by atoms with van der Waals surface area (Å²) in [4.78, 5) is 0. The molecule has 0 aliphatic heterocycles. The van der Waals surface area contributed by atoms with Crippen LogP contribution in [0.15, 0.2) is 24.3 Å². The lowest BCUT2D eigenvalue weighted by Gasteiger charge is -2.63. The second kappa shape index (κ2) is 9.82. The van der Waals surface area contributed by atoms with Crippen molar-refractivity contribution in [2.24, 2.45) is 46.3 Å². The van der Waals surface area contributed by atoms with Gasteiger partial charge in [-0.2, -0.15) is 0 Å². The Morgan fingerprint density at radius 1 is 0.946 bits per heavy atom. The topological polar surface area (TPSA) is 60.7 Å². The first-order valence-corrected chi connectivity index (χ1v) is 14.6. The molecule has 0 saturated heterocycles. The Kier molecular flexibility index (Phi) is 7.28. The van der Waals surface area contributed by atoms with E-state index in [0.29, 0.717) is 36.7 Å². The average Bonchev–Trinajstić information content (AvgIpc) is 3.20. The van der Waals surface area contributed by atoms with Crippen LogP contribution < -0.4 is 0 Å². The minimum absolute atomic E-state index is 0.0200. The average molecular weight is 523 g/mol. The van der Waals surface area contributed by atoms with E-state index in [9.17, 15) is 19.7 Å². The van der Waals surface area contributed by atoms with Gasteiger partial charge in [0.25, 0.3) is 5.92 Å². The van der Waals surface area contributed by atoms with Crippen LogP contribution in [-0.2, 0) is 0 Å². The number of rotatable bonds is 6. The Balaban J connectivity index is 1.27. The molecule has 3 N–H and O–H groups in total. The normalized spacial score (nSPS) is 44.4. The van der Waals surface area contributed by atoms with Gasteiger partial charge in [0.2, 0.25) is 0 Å². The first-order chi connectivity index (χ1) is 17.4. The molecule has 5 rings (SSSR count). The number of fused-ring (bicyclic) bond motifs is 5. The summed E-state index contributed by atoms with van der Waals surface area (Å²) in [7, 11) is 0. The van der Waals surface area contributed by atoms with Crippen molar-refractivity contribution in [1.82, 2.24) is 0 Å². The van der Waals surface area contributed by atoms with Crippen molar-refractivity contribution < 1.29 is 28.5 Å². The standard InChI is InChI=1S/C31H45F3O3/c1-18(6-4-9-25(35)19-7-5-8-20(32)16-19)21-10-11-22-27-23(12-14-29(21,22)2)30(3)15-13-26(36)28(37)24(30)17-31(27,33)34/h5,7-8,16,18,21-28,35-37H,4,6,9-15,17H2,1-3H3/t18-,21-,22+,23+,24+,25?,26+,27+,28-,29-,30-/m1/s1. The van der Waals surface area contributed by atoms with Crippen LogP contribution in [0.1, 0.15) is 96.6 Å². The zero-order chi connectivity index (χ0) is 26.8. The van der Waals surface area contributed by atoms with Crippen molar-refractivity contribution in [2.75, 3.05) is 0 Å². The number of halogens is 3. The third kappa shape index (κ3) is 4.57. The summed E-state index contributed by atoms with van der Waals surface area (Å²) < 4.78 is 45.4.